The van der Waals surface area contributed by atoms with E-state index in [1.54, 1.807) is 24.3 Å². The average Bonchev–Trinajstić information content (AvgIpc) is 2.34. The Kier molecular flexibility index (Phi) is 5.53. The number of rotatable bonds is 5. The number of carbonyl (C=O) groups is 1. The first-order valence-electron chi connectivity index (χ1n) is 6.55. The van der Waals surface area contributed by atoms with Crippen molar-refractivity contribution < 1.29 is 19.0 Å². The van der Waals surface area contributed by atoms with Gasteiger partial charge >= 0.3 is 5.97 Å². The molecule has 5 heteroatoms. The molecular formula is C15H22O4Si. The van der Waals surface area contributed by atoms with Crippen LogP contribution in [0.5, 0.6) is 0 Å². The minimum atomic E-state index is -1.37. The van der Waals surface area contributed by atoms with Gasteiger partial charge in [-0.3, -0.25) is 0 Å². The van der Waals surface area contributed by atoms with Crippen molar-refractivity contribution in [1.29, 1.82) is 0 Å². The maximum Gasteiger partial charge on any atom is 0.324 e. The minimum absolute atomic E-state index is 0.282. The maximum absolute atomic E-state index is 11.7. The Morgan fingerprint density at radius 1 is 1.10 bits per heavy atom. The van der Waals surface area contributed by atoms with Crippen LogP contribution in [0.15, 0.2) is 30.8 Å². The summed E-state index contributed by atoms with van der Waals surface area (Å²) in [5.74, 6) is 0.119. The third-order valence-electron chi connectivity index (χ3n) is 2.18. The molecule has 0 saturated heterocycles. The summed E-state index contributed by atoms with van der Waals surface area (Å²) < 4.78 is 5.25. The summed E-state index contributed by atoms with van der Waals surface area (Å²) in [5, 5.41) is 0. The lowest BCUT2D eigenvalue weighted by molar-refractivity contribution is -0.298. The van der Waals surface area contributed by atoms with Gasteiger partial charge in [0, 0.05) is 5.56 Å². The predicted molar refractivity (Wildman–Crippen MR) is 81.7 cm³/mol. The number of hydrogen-bond acceptors (Lipinski definition) is 4. The van der Waals surface area contributed by atoms with E-state index in [-0.39, 0.29) is 5.97 Å². The molecule has 0 bridgehead atoms. The lowest BCUT2D eigenvalue weighted by Crippen LogP contribution is -2.18. The largest absolute Gasteiger partial charge is 0.519 e. The fourth-order valence-electron chi connectivity index (χ4n) is 1.30. The van der Waals surface area contributed by atoms with E-state index in [9.17, 15) is 4.79 Å². The zero-order chi connectivity index (χ0) is 15.3. The molecule has 0 heterocycles. The zero-order valence-electron chi connectivity index (χ0n) is 12.7. The molecule has 0 aromatic heterocycles. The lowest BCUT2D eigenvalue weighted by Gasteiger charge is -2.18. The van der Waals surface area contributed by atoms with Gasteiger partial charge in [-0.15, -0.1) is 0 Å². The Morgan fingerprint density at radius 2 is 1.60 bits per heavy atom. The van der Waals surface area contributed by atoms with E-state index in [0.29, 0.717) is 11.3 Å². The summed E-state index contributed by atoms with van der Waals surface area (Å²) in [5.41, 5.74) is 0.876. The highest BCUT2D eigenvalue weighted by atomic mass is 28.3. The van der Waals surface area contributed by atoms with Gasteiger partial charge in [0.15, 0.2) is 5.76 Å². The molecule has 0 aliphatic carbocycles. The van der Waals surface area contributed by atoms with E-state index in [4.69, 9.17) is 14.2 Å². The Labute approximate surface area is 122 Å². The molecule has 0 saturated carbocycles. The van der Waals surface area contributed by atoms with Gasteiger partial charge in [-0.05, 0) is 46.0 Å². The van der Waals surface area contributed by atoms with Gasteiger partial charge in [0.25, 0.3) is 0 Å². The number of benzene rings is 1. The normalized spacial score (nSPS) is 11.3. The van der Waals surface area contributed by atoms with Crippen molar-refractivity contribution in [2.24, 2.45) is 0 Å². The Bertz CT molecular complexity index is 472. The van der Waals surface area contributed by atoms with Gasteiger partial charge < -0.3 is 9.31 Å². The molecule has 1 aromatic rings. The Balaban J connectivity index is 2.66. The van der Waals surface area contributed by atoms with Crippen molar-refractivity contribution in [1.82, 2.24) is 0 Å². The first-order valence-corrected chi connectivity index (χ1v) is 9.33. The van der Waals surface area contributed by atoms with Crippen LogP contribution in [0.1, 0.15) is 36.7 Å². The van der Waals surface area contributed by atoms with Crippen LogP contribution in [0.25, 0.3) is 5.76 Å². The zero-order valence-corrected chi connectivity index (χ0v) is 13.9. The molecule has 0 N–H and O–H groups in total. The van der Waals surface area contributed by atoms with E-state index in [1.807, 2.05) is 33.9 Å². The van der Waals surface area contributed by atoms with Crippen molar-refractivity contribution in [3.05, 3.63) is 42.0 Å². The van der Waals surface area contributed by atoms with Crippen molar-refractivity contribution in [2.75, 3.05) is 0 Å². The monoisotopic (exact) mass is 294 g/mol. The summed E-state index contributed by atoms with van der Waals surface area (Å²) in [6.45, 7) is 13.3. The van der Waals surface area contributed by atoms with E-state index in [0.717, 1.165) is 5.56 Å². The summed E-state index contributed by atoms with van der Waals surface area (Å²) in [4.78, 5) is 22.1. The summed E-state index contributed by atoms with van der Waals surface area (Å²) in [7, 11) is -1.37. The average molecular weight is 294 g/mol. The molecule has 4 nitrogen and oxygen atoms in total. The molecule has 0 amide bonds. The van der Waals surface area contributed by atoms with E-state index in [1.165, 1.54) is 0 Å². The van der Waals surface area contributed by atoms with Gasteiger partial charge in [-0.2, -0.15) is 4.89 Å². The summed E-state index contributed by atoms with van der Waals surface area (Å²) in [6, 6.07) is 6.90. The highest BCUT2D eigenvalue weighted by Crippen LogP contribution is 2.19. The molecule has 0 aliphatic rings. The van der Waals surface area contributed by atoms with Gasteiger partial charge in [0.1, 0.15) is 5.60 Å². The maximum atomic E-state index is 11.7. The van der Waals surface area contributed by atoms with Crippen molar-refractivity contribution in [3.8, 4) is 0 Å². The molecular weight excluding hydrogens is 272 g/mol. The third kappa shape index (κ3) is 5.58. The van der Waals surface area contributed by atoms with Gasteiger partial charge in [-0.25, -0.2) is 4.79 Å². The molecule has 110 valence electrons. The van der Waals surface area contributed by atoms with E-state index >= 15 is 0 Å². The standard InChI is InChI=1S/C15H22O4Si/c1-11(17-19-15(2,3)4)12-7-9-13(10-8-12)14(16)18-20(5)6/h7-10,20H,1H2,2-6H3. The summed E-state index contributed by atoms with van der Waals surface area (Å²) >= 11 is 0. The van der Waals surface area contributed by atoms with Crippen LogP contribution >= 0.6 is 0 Å². The summed E-state index contributed by atoms with van der Waals surface area (Å²) in [6.07, 6.45) is 0. The molecule has 0 fully saturated rings. The van der Waals surface area contributed by atoms with Crippen LogP contribution in [0.3, 0.4) is 0 Å². The lowest BCUT2D eigenvalue weighted by atomic mass is 10.1. The second kappa shape index (κ2) is 6.72. The van der Waals surface area contributed by atoms with Gasteiger partial charge in [-0.1, -0.05) is 18.7 Å². The smallest absolute Gasteiger partial charge is 0.324 e. The van der Waals surface area contributed by atoms with Crippen molar-refractivity contribution in [3.63, 3.8) is 0 Å². The number of carbonyl (C=O) groups excluding carboxylic acids is 1. The SMILES string of the molecule is C=C(OOC(C)(C)C)c1ccc(C(=O)O[SiH](C)C)cc1. The Morgan fingerprint density at radius 3 is 2.05 bits per heavy atom. The first kappa shape index (κ1) is 16.5. The van der Waals surface area contributed by atoms with Crippen LogP contribution < -0.4 is 0 Å². The predicted octanol–water partition coefficient (Wildman–Crippen LogP) is 3.54. The van der Waals surface area contributed by atoms with Crippen LogP contribution in [0.4, 0.5) is 0 Å². The topological polar surface area (TPSA) is 44.8 Å². The molecule has 1 rings (SSSR count). The highest BCUT2D eigenvalue weighted by Gasteiger charge is 2.14. The third-order valence-corrected chi connectivity index (χ3v) is 2.86. The molecule has 0 unspecified atom stereocenters. The van der Waals surface area contributed by atoms with Crippen LogP contribution in [-0.4, -0.2) is 20.6 Å². The van der Waals surface area contributed by atoms with E-state index < -0.39 is 14.6 Å². The number of hydrogen-bond donors (Lipinski definition) is 0. The highest BCUT2D eigenvalue weighted by molar-refractivity contribution is 6.51. The van der Waals surface area contributed by atoms with E-state index in [2.05, 4.69) is 6.58 Å². The molecule has 20 heavy (non-hydrogen) atoms. The van der Waals surface area contributed by atoms with Crippen molar-refractivity contribution in [2.45, 2.75) is 39.5 Å². The second-order valence-corrected chi connectivity index (χ2v) is 8.07. The van der Waals surface area contributed by atoms with Crippen LogP contribution in [0.2, 0.25) is 13.1 Å². The first-order chi connectivity index (χ1) is 9.19. The molecule has 0 atom stereocenters. The van der Waals surface area contributed by atoms with Crippen molar-refractivity contribution >= 4 is 20.8 Å². The van der Waals surface area contributed by atoms with Gasteiger partial charge in [0.2, 0.25) is 9.04 Å². The molecule has 0 spiro atoms. The molecule has 1 aromatic carbocycles. The quantitative estimate of drug-likeness (QED) is 0.360. The van der Waals surface area contributed by atoms with Crippen LogP contribution in [-0.2, 0) is 14.2 Å². The molecule has 0 radical (unpaired) electrons. The fraction of sp³-hybridized carbons (Fsp3) is 0.400. The second-order valence-electron chi connectivity index (χ2n) is 5.73. The minimum Gasteiger partial charge on any atom is -0.519 e. The fourth-order valence-corrected chi connectivity index (χ4v) is 1.86. The molecule has 0 aliphatic heterocycles. The Hall–Kier alpha value is -1.59. The van der Waals surface area contributed by atoms with Gasteiger partial charge in [0.05, 0.1) is 5.56 Å². The van der Waals surface area contributed by atoms with Crippen LogP contribution in [0, 0.1) is 0 Å².